The number of aromatic nitrogens is 1. The van der Waals surface area contributed by atoms with Crippen molar-refractivity contribution >= 4 is 17.4 Å². The predicted molar refractivity (Wildman–Crippen MR) is 77.7 cm³/mol. The summed E-state index contributed by atoms with van der Waals surface area (Å²) in [6.07, 6.45) is 1.65. The summed E-state index contributed by atoms with van der Waals surface area (Å²) in [4.78, 5) is 16.3. The number of hydrogen-bond acceptors (Lipinski definition) is 3. The van der Waals surface area contributed by atoms with Gasteiger partial charge in [-0.25, -0.2) is 4.98 Å². The first kappa shape index (κ1) is 13.1. The average molecular weight is 255 g/mol. The minimum atomic E-state index is -0.164. The molecule has 2 aromatic rings. The van der Waals surface area contributed by atoms with Crippen LogP contribution >= 0.6 is 0 Å². The van der Waals surface area contributed by atoms with Crippen molar-refractivity contribution in [3.05, 3.63) is 53.2 Å². The molecule has 4 heteroatoms. The molecule has 4 nitrogen and oxygen atoms in total. The zero-order chi connectivity index (χ0) is 13.8. The topological polar surface area (TPSA) is 54.0 Å². The van der Waals surface area contributed by atoms with Crippen LogP contribution in [0.25, 0.3) is 0 Å². The molecule has 0 aliphatic rings. The summed E-state index contributed by atoms with van der Waals surface area (Å²) in [6.45, 7) is 4.01. The standard InChI is InChI=1S/C15H17N3O/c1-10-7-11(2)9-12(8-10)18-15(19)13-5-4-6-17-14(13)16-3/h4-9H,1-3H3,(H,16,17)(H,18,19). The lowest BCUT2D eigenvalue weighted by Gasteiger charge is -2.10. The Labute approximate surface area is 112 Å². The third-order valence-corrected chi connectivity index (χ3v) is 2.77. The number of benzene rings is 1. The number of carbonyl (C=O) groups is 1. The molecule has 0 atom stereocenters. The number of nitrogens with zero attached hydrogens (tertiary/aromatic N) is 1. The molecule has 19 heavy (non-hydrogen) atoms. The Kier molecular flexibility index (Phi) is 3.80. The Hall–Kier alpha value is -2.36. The number of aryl methyl sites for hydroxylation is 2. The summed E-state index contributed by atoms with van der Waals surface area (Å²) < 4.78 is 0. The van der Waals surface area contributed by atoms with Gasteiger partial charge >= 0.3 is 0 Å². The molecule has 2 N–H and O–H groups in total. The van der Waals surface area contributed by atoms with Gasteiger partial charge in [0.25, 0.3) is 5.91 Å². The van der Waals surface area contributed by atoms with Crippen LogP contribution in [0.15, 0.2) is 36.5 Å². The average Bonchev–Trinajstić information content (AvgIpc) is 2.37. The third kappa shape index (κ3) is 3.10. The van der Waals surface area contributed by atoms with Crippen LogP contribution in [0.1, 0.15) is 21.5 Å². The van der Waals surface area contributed by atoms with Gasteiger partial charge in [0.2, 0.25) is 0 Å². The van der Waals surface area contributed by atoms with Gasteiger partial charge in [-0.3, -0.25) is 4.79 Å². The lowest BCUT2D eigenvalue weighted by atomic mass is 10.1. The van der Waals surface area contributed by atoms with Gasteiger partial charge in [-0.05, 0) is 49.2 Å². The SMILES string of the molecule is CNc1ncccc1C(=O)Nc1cc(C)cc(C)c1. The summed E-state index contributed by atoms with van der Waals surface area (Å²) in [7, 11) is 1.75. The molecule has 0 spiro atoms. The second-order valence-electron chi connectivity index (χ2n) is 4.48. The normalized spacial score (nSPS) is 10.1. The fourth-order valence-electron chi connectivity index (χ4n) is 2.03. The highest BCUT2D eigenvalue weighted by atomic mass is 16.1. The molecule has 0 radical (unpaired) electrons. The minimum Gasteiger partial charge on any atom is -0.372 e. The first-order valence-electron chi connectivity index (χ1n) is 6.12. The maximum Gasteiger partial charge on any atom is 0.259 e. The van der Waals surface area contributed by atoms with Crippen LogP contribution in [-0.4, -0.2) is 17.9 Å². The van der Waals surface area contributed by atoms with E-state index in [0.717, 1.165) is 16.8 Å². The van der Waals surface area contributed by atoms with E-state index in [-0.39, 0.29) is 5.91 Å². The van der Waals surface area contributed by atoms with Crippen LogP contribution in [0, 0.1) is 13.8 Å². The van der Waals surface area contributed by atoms with Gasteiger partial charge in [0.15, 0.2) is 0 Å². The van der Waals surface area contributed by atoms with E-state index in [1.54, 1.807) is 25.4 Å². The molecular weight excluding hydrogens is 238 g/mol. The Morgan fingerprint density at radius 1 is 1.16 bits per heavy atom. The fraction of sp³-hybridized carbons (Fsp3) is 0.200. The Morgan fingerprint density at radius 2 is 1.84 bits per heavy atom. The third-order valence-electron chi connectivity index (χ3n) is 2.77. The number of carbonyl (C=O) groups excluding carboxylic acids is 1. The molecule has 98 valence electrons. The predicted octanol–water partition coefficient (Wildman–Crippen LogP) is 2.99. The van der Waals surface area contributed by atoms with E-state index in [4.69, 9.17) is 0 Å². The number of nitrogens with one attached hydrogen (secondary N) is 2. The number of hydrogen-bond donors (Lipinski definition) is 2. The van der Waals surface area contributed by atoms with Gasteiger partial charge in [-0.15, -0.1) is 0 Å². The highest BCUT2D eigenvalue weighted by molar-refractivity contribution is 6.07. The molecule has 0 saturated carbocycles. The van der Waals surface area contributed by atoms with Gasteiger partial charge < -0.3 is 10.6 Å². The van der Waals surface area contributed by atoms with E-state index in [9.17, 15) is 4.79 Å². The quantitative estimate of drug-likeness (QED) is 0.886. The van der Waals surface area contributed by atoms with Crippen molar-refractivity contribution in [3.8, 4) is 0 Å². The number of rotatable bonds is 3. The molecule has 1 aromatic carbocycles. The smallest absolute Gasteiger partial charge is 0.259 e. The lowest BCUT2D eigenvalue weighted by molar-refractivity contribution is 0.102. The van der Waals surface area contributed by atoms with Crippen molar-refractivity contribution < 1.29 is 4.79 Å². The summed E-state index contributed by atoms with van der Waals surface area (Å²) in [5.74, 6) is 0.409. The molecule has 0 fully saturated rings. The lowest BCUT2D eigenvalue weighted by Crippen LogP contribution is -2.14. The van der Waals surface area contributed by atoms with Gasteiger partial charge in [0.1, 0.15) is 5.82 Å². The van der Waals surface area contributed by atoms with Gasteiger partial charge in [-0.1, -0.05) is 6.07 Å². The highest BCUT2D eigenvalue weighted by Gasteiger charge is 2.11. The Balaban J connectivity index is 2.25. The molecular formula is C15H17N3O. The van der Waals surface area contributed by atoms with Crippen LogP contribution in [0.3, 0.4) is 0 Å². The van der Waals surface area contributed by atoms with Crippen LogP contribution in [0.2, 0.25) is 0 Å². The maximum absolute atomic E-state index is 12.2. The Bertz CT molecular complexity index is 588. The molecule has 0 aliphatic heterocycles. The largest absolute Gasteiger partial charge is 0.372 e. The van der Waals surface area contributed by atoms with E-state index in [1.165, 1.54) is 0 Å². The molecule has 1 amide bonds. The van der Waals surface area contributed by atoms with E-state index in [2.05, 4.69) is 21.7 Å². The molecule has 2 rings (SSSR count). The van der Waals surface area contributed by atoms with E-state index in [1.807, 2.05) is 26.0 Å². The zero-order valence-electron chi connectivity index (χ0n) is 11.3. The number of pyridine rings is 1. The molecule has 0 saturated heterocycles. The maximum atomic E-state index is 12.2. The van der Waals surface area contributed by atoms with Crippen molar-refractivity contribution in [2.24, 2.45) is 0 Å². The second-order valence-corrected chi connectivity index (χ2v) is 4.48. The van der Waals surface area contributed by atoms with E-state index in [0.29, 0.717) is 11.4 Å². The van der Waals surface area contributed by atoms with Crippen molar-refractivity contribution in [1.82, 2.24) is 4.98 Å². The molecule has 1 aromatic heterocycles. The van der Waals surface area contributed by atoms with Crippen molar-refractivity contribution in [3.63, 3.8) is 0 Å². The van der Waals surface area contributed by atoms with E-state index >= 15 is 0 Å². The van der Waals surface area contributed by atoms with Gasteiger partial charge in [0, 0.05) is 18.9 Å². The molecule has 0 aliphatic carbocycles. The summed E-state index contributed by atoms with van der Waals surface area (Å²) in [5, 5.41) is 5.81. The monoisotopic (exact) mass is 255 g/mol. The van der Waals surface area contributed by atoms with Crippen LogP contribution in [-0.2, 0) is 0 Å². The van der Waals surface area contributed by atoms with E-state index < -0.39 is 0 Å². The fourth-order valence-corrected chi connectivity index (χ4v) is 2.03. The van der Waals surface area contributed by atoms with Crippen LogP contribution in [0.5, 0.6) is 0 Å². The first-order chi connectivity index (χ1) is 9.10. The zero-order valence-corrected chi connectivity index (χ0v) is 11.3. The minimum absolute atomic E-state index is 0.164. The van der Waals surface area contributed by atoms with Crippen molar-refractivity contribution in [2.45, 2.75) is 13.8 Å². The molecule has 0 bridgehead atoms. The van der Waals surface area contributed by atoms with Gasteiger partial charge in [0.05, 0.1) is 5.56 Å². The summed E-state index contributed by atoms with van der Waals surface area (Å²) >= 11 is 0. The van der Waals surface area contributed by atoms with Crippen molar-refractivity contribution in [2.75, 3.05) is 17.7 Å². The summed E-state index contributed by atoms with van der Waals surface area (Å²) in [6, 6.07) is 9.45. The van der Waals surface area contributed by atoms with Crippen molar-refractivity contribution in [1.29, 1.82) is 0 Å². The summed E-state index contributed by atoms with van der Waals surface area (Å²) in [5.41, 5.74) is 3.57. The molecule has 1 heterocycles. The number of anilines is 2. The Morgan fingerprint density at radius 3 is 2.47 bits per heavy atom. The second kappa shape index (κ2) is 5.52. The van der Waals surface area contributed by atoms with Crippen LogP contribution < -0.4 is 10.6 Å². The van der Waals surface area contributed by atoms with Crippen LogP contribution in [0.4, 0.5) is 11.5 Å². The first-order valence-corrected chi connectivity index (χ1v) is 6.12. The molecule has 0 unspecified atom stereocenters. The van der Waals surface area contributed by atoms with Gasteiger partial charge in [-0.2, -0.15) is 0 Å². The highest BCUT2D eigenvalue weighted by Crippen LogP contribution is 2.17. The number of amides is 1.